The summed E-state index contributed by atoms with van der Waals surface area (Å²) in [5, 5.41) is 12.9. The second-order valence-corrected chi connectivity index (χ2v) is 4.92. The van der Waals surface area contributed by atoms with Crippen molar-refractivity contribution in [1.29, 1.82) is 0 Å². The van der Waals surface area contributed by atoms with Crippen LogP contribution in [-0.2, 0) is 4.74 Å². The molecule has 0 bridgehead atoms. The highest BCUT2D eigenvalue weighted by atomic mass is 16.5. The zero-order valence-corrected chi connectivity index (χ0v) is 12.1. The summed E-state index contributed by atoms with van der Waals surface area (Å²) < 4.78 is 5.12. The molecule has 0 fully saturated rings. The molecule has 0 aliphatic heterocycles. The first-order valence-corrected chi connectivity index (χ1v) is 6.61. The zero-order valence-electron chi connectivity index (χ0n) is 12.1. The van der Waals surface area contributed by atoms with Gasteiger partial charge in [0, 0.05) is 25.2 Å². The van der Waals surface area contributed by atoms with E-state index in [-0.39, 0.29) is 12.1 Å². The Balaban J connectivity index is 4.30. The molecule has 104 valence electrons. The first kappa shape index (κ1) is 16.8. The minimum absolute atomic E-state index is 0.174. The Morgan fingerprint density at radius 1 is 1.41 bits per heavy atom. The van der Waals surface area contributed by atoms with Crippen LogP contribution in [0.5, 0.6) is 0 Å². The van der Waals surface area contributed by atoms with Crippen molar-refractivity contribution in [1.82, 2.24) is 10.2 Å². The summed E-state index contributed by atoms with van der Waals surface area (Å²) in [6, 6.07) is 0.436. The van der Waals surface area contributed by atoms with E-state index < -0.39 is 0 Å². The molecule has 0 aromatic carbocycles. The summed E-state index contributed by atoms with van der Waals surface area (Å²) in [6.07, 6.45) is 0.939. The Morgan fingerprint density at radius 3 is 2.47 bits per heavy atom. The highest BCUT2D eigenvalue weighted by Gasteiger charge is 2.26. The molecule has 2 atom stereocenters. The van der Waals surface area contributed by atoms with Gasteiger partial charge < -0.3 is 15.2 Å². The number of hydrogen-bond acceptors (Lipinski definition) is 4. The lowest BCUT2D eigenvalue weighted by molar-refractivity contribution is 0.0934. The lowest BCUT2D eigenvalue weighted by Crippen LogP contribution is -2.51. The highest BCUT2D eigenvalue weighted by Crippen LogP contribution is 2.15. The van der Waals surface area contributed by atoms with Crippen LogP contribution >= 0.6 is 0 Å². The van der Waals surface area contributed by atoms with E-state index in [0.29, 0.717) is 6.04 Å². The van der Waals surface area contributed by atoms with Gasteiger partial charge in [-0.25, -0.2) is 0 Å². The molecule has 0 radical (unpaired) electrons. The molecule has 0 aliphatic carbocycles. The fourth-order valence-corrected chi connectivity index (χ4v) is 2.30. The van der Waals surface area contributed by atoms with Crippen LogP contribution in [0.15, 0.2) is 0 Å². The molecule has 17 heavy (non-hydrogen) atoms. The van der Waals surface area contributed by atoms with E-state index in [1.54, 1.807) is 7.11 Å². The third-order valence-electron chi connectivity index (χ3n) is 3.31. The van der Waals surface area contributed by atoms with Gasteiger partial charge in [0.25, 0.3) is 0 Å². The van der Waals surface area contributed by atoms with Crippen molar-refractivity contribution in [3.8, 4) is 0 Å². The molecule has 0 aliphatic rings. The molecule has 0 saturated heterocycles. The van der Waals surface area contributed by atoms with Gasteiger partial charge in [0.1, 0.15) is 0 Å². The number of methoxy groups -OCH3 is 1. The molecular formula is C13H30N2O2. The summed E-state index contributed by atoms with van der Waals surface area (Å²) in [5.41, 5.74) is -0.186. The van der Waals surface area contributed by atoms with Crippen LogP contribution in [0.1, 0.15) is 34.1 Å². The SMILES string of the molecule is CCNC(C)(CO)CC(C)N(CC)CCOC. The van der Waals surface area contributed by atoms with Crippen molar-refractivity contribution < 1.29 is 9.84 Å². The molecule has 0 aromatic heterocycles. The molecule has 4 heteroatoms. The predicted octanol–water partition coefficient (Wildman–Crippen LogP) is 1.09. The summed E-state index contributed by atoms with van der Waals surface area (Å²) in [7, 11) is 1.73. The Kier molecular flexibility index (Phi) is 8.78. The smallest absolute Gasteiger partial charge is 0.0611 e. The van der Waals surface area contributed by atoms with E-state index in [1.807, 2.05) is 0 Å². The van der Waals surface area contributed by atoms with Crippen molar-refractivity contribution in [2.75, 3.05) is 40.0 Å². The first-order valence-electron chi connectivity index (χ1n) is 6.61. The van der Waals surface area contributed by atoms with Crippen LogP contribution in [0.3, 0.4) is 0 Å². The molecule has 0 saturated carbocycles. The maximum atomic E-state index is 9.49. The van der Waals surface area contributed by atoms with Crippen molar-refractivity contribution in [2.24, 2.45) is 0 Å². The molecule has 2 N–H and O–H groups in total. The van der Waals surface area contributed by atoms with E-state index in [0.717, 1.165) is 32.7 Å². The summed E-state index contributed by atoms with van der Waals surface area (Å²) in [5.74, 6) is 0. The number of aliphatic hydroxyl groups excluding tert-OH is 1. The fourth-order valence-electron chi connectivity index (χ4n) is 2.30. The quantitative estimate of drug-likeness (QED) is 0.606. The van der Waals surface area contributed by atoms with Gasteiger partial charge in [0.15, 0.2) is 0 Å². The van der Waals surface area contributed by atoms with Crippen molar-refractivity contribution >= 4 is 0 Å². The van der Waals surface area contributed by atoms with Gasteiger partial charge in [-0.3, -0.25) is 4.90 Å². The van der Waals surface area contributed by atoms with E-state index in [4.69, 9.17) is 4.74 Å². The number of aliphatic hydroxyl groups is 1. The Morgan fingerprint density at radius 2 is 2.06 bits per heavy atom. The van der Waals surface area contributed by atoms with Gasteiger partial charge >= 0.3 is 0 Å². The number of nitrogens with one attached hydrogen (secondary N) is 1. The Hall–Kier alpha value is -0.160. The number of likely N-dealkylation sites (N-methyl/N-ethyl adjacent to an activating group) is 2. The van der Waals surface area contributed by atoms with Crippen LogP contribution in [0, 0.1) is 0 Å². The molecule has 0 heterocycles. The molecule has 4 nitrogen and oxygen atoms in total. The second-order valence-electron chi connectivity index (χ2n) is 4.92. The van der Waals surface area contributed by atoms with E-state index in [1.165, 1.54) is 0 Å². The van der Waals surface area contributed by atoms with Crippen LogP contribution in [0.2, 0.25) is 0 Å². The average molecular weight is 246 g/mol. The molecule has 0 rings (SSSR count). The molecular weight excluding hydrogens is 216 g/mol. The second kappa shape index (κ2) is 8.86. The minimum atomic E-state index is -0.186. The zero-order chi connectivity index (χ0) is 13.3. The first-order chi connectivity index (χ1) is 8.02. The number of hydrogen-bond donors (Lipinski definition) is 2. The van der Waals surface area contributed by atoms with Crippen molar-refractivity contribution in [3.05, 3.63) is 0 Å². The third-order valence-corrected chi connectivity index (χ3v) is 3.31. The maximum absolute atomic E-state index is 9.49. The monoisotopic (exact) mass is 246 g/mol. The van der Waals surface area contributed by atoms with Crippen LogP contribution in [-0.4, -0.2) is 61.5 Å². The predicted molar refractivity (Wildman–Crippen MR) is 72.4 cm³/mol. The molecule has 0 aromatic rings. The van der Waals surface area contributed by atoms with Crippen molar-refractivity contribution in [3.63, 3.8) is 0 Å². The minimum Gasteiger partial charge on any atom is -0.394 e. The van der Waals surface area contributed by atoms with Gasteiger partial charge in [-0.15, -0.1) is 0 Å². The van der Waals surface area contributed by atoms with Crippen LogP contribution in [0.25, 0.3) is 0 Å². The average Bonchev–Trinajstić information content (AvgIpc) is 2.30. The number of nitrogens with zero attached hydrogens (tertiary/aromatic N) is 1. The molecule has 0 spiro atoms. The Bertz CT molecular complexity index is 190. The largest absolute Gasteiger partial charge is 0.394 e. The van der Waals surface area contributed by atoms with E-state index in [2.05, 4.69) is 37.9 Å². The summed E-state index contributed by atoms with van der Waals surface area (Å²) in [4.78, 5) is 2.38. The van der Waals surface area contributed by atoms with Gasteiger partial charge in [0.05, 0.1) is 13.2 Å². The van der Waals surface area contributed by atoms with Crippen molar-refractivity contribution in [2.45, 2.75) is 45.7 Å². The third kappa shape index (κ3) is 6.36. The summed E-state index contributed by atoms with van der Waals surface area (Å²) in [6.45, 7) is 12.3. The standard InChI is InChI=1S/C13H30N2O2/c1-6-14-13(4,11-16)10-12(3)15(7-2)8-9-17-5/h12,14,16H,6-11H2,1-5H3. The lowest BCUT2D eigenvalue weighted by Gasteiger charge is -2.36. The number of rotatable bonds is 10. The van der Waals surface area contributed by atoms with Gasteiger partial charge in [-0.05, 0) is 33.4 Å². The number of ether oxygens (including phenoxy) is 1. The van der Waals surface area contributed by atoms with Crippen LogP contribution < -0.4 is 5.32 Å². The van der Waals surface area contributed by atoms with Gasteiger partial charge in [-0.1, -0.05) is 13.8 Å². The topological polar surface area (TPSA) is 44.7 Å². The lowest BCUT2D eigenvalue weighted by atomic mass is 9.93. The fraction of sp³-hybridized carbons (Fsp3) is 1.00. The maximum Gasteiger partial charge on any atom is 0.0611 e. The summed E-state index contributed by atoms with van der Waals surface area (Å²) >= 11 is 0. The Labute approximate surface area is 106 Å². The highest BCUT2D eigenvalue weighted by molar-refractivity contribution is 4.86. The van der Waals surface area contributed by atoms with E-state index >= 15 is 0 Å². The normalized spacial score (nSPS) is 17.1. The van der Waals surface area contributed by atoms with E-state index in [9.17, 15) is 5.11 Å². The van der Waals surface area contributed by atoms with Gasteiger partial charge in [-0.2, -0.15) is 0 Å². The molecule has 0 amide bonds. The van der Waals surface area contributed by atoms with Crippen LogP contribution in [0.4, 0.5) is 0 Å². The van der Waals surface area contributed by atoms with Gasteiger partial charge in [0.2, 0.25) is 0 Å². The molecule has 2 unspecified atom stereocenters.